The standard InChI is InChI=1S/C12H9O2S/c13-9-12(14,11-7-4-8-15-11)10-5-2-1-3-6-10/h1-8,14H. The molecule has 0 aliphatic rings. The Kier molecular flexibility index (Phi) is 2.66. The van der Waals surface area contributed by atoms with Crippen molar-refractivity contribution in [1.82, 2.24) is 0 Å². The highest BCUT2D eigenvalue weighted by molar-refractivity contribution is 7.10. The maximum absolute atomic E-state index is 11.0. The van der Waals surface area contributed by atoms with Gasteiger partial charge >= 0.3 is 0 Å². The highest BCUT2D eigenvalue weighted by Gasteiger charge is 2.33. The predicted octanol–water partition coefficient (Wildman–Crippen LogP) is 2.09. The van der Waals surface area contributed by atoms with Gasteiger partial charge in [0.05, 0.1) is 0 Å². The molecule has 0 aliphatic heterocycles. The minimum atomic E-state index is -1.63. The van der Waals surface area contributed by atoms with Crippen molar-refractivity contribution in [2.24, 2.45) is 0 Å². The third kappa shape index (κ3) is 1.71. The summed E-state index contributed by atoms with van der Waals surface area (Å²) in [7, 11) is 0. The molecule has 1 radical (unpaired) electrons. The van der Waals surface area contributed by atoms with Crippen LogP contribution in [0.5, 0.6) is 0 Å². The summed E-state index contributed by atoms with van der Waals surface area (Å²) in [6.07, 6.45) is 1.71. The average molecular weight is 217 g/mol. The monoisotopic (exact) mass is 217 g/mol. The van der Waals surface area contributed by atoms with Crippen LogP contribution in [0.25, 0.3) is 0 Å². The van der Waals surface area contributed by atoms with Gasteiger partial charge in [-0.25, -0.2) is 0 Å². The molecule has 0 amide bonds. The van der Waals surface area contributed by atoms with Crippen molar-refractivity contribution < 1.29 is 9.90 Å². The number of hydrogen-bond acceptors (Lipinski definition) is 3. The van der Waals surface area contributed by atoms with Crippen LogP contribution in [0.1, 0.15) is 10.4 Å². The zero-order valence-corrected chi connectivity index (χ0v) is 8.70. The van der Waals surface area contributed by atoms with Gasteiger partial charge in [0.2, 0.25) is 6.29 Å². The summed E-state index contributed by atoms with van der Waals surface area (Å²) >= 11 is 1.34. The van der Waals surface area contributed by atoms with Crippen LogP contribution in [0.15, 0.2) is 47.8 Å². The van der Waals surface area contributed by atoms with Gasteiger partial charge in [0.25, 0.3) is 0 Å². The summed E-state index contributed by atoms with van der Waals surface area (Å²) in [5.41, 5.74) is -1.09. The molecule has 1 atom stereocenters. The van der Waals surface area contributed by atoms with E-state index in [4.69, 9.17) is 0 Å². The molecule has 1 aromatic heterocycles. The Labute approximate surface area is 91.8 Å². The van der Waals surface area contributed by atoms with Crippen molar-refractivity contribution in [2.45, 2.75) is 5.60 Å². The molecule has 2 rings (SSSR count). The fourth-order valence-corrected chi connectivity index (χ4v) is 2.21. The number of benzene rings is 1. The summed E-state index contributed by atoms with van der Waals surface area (Å²) in [5.74, 6) is 0. The molecule has 0 bridgehead atoms. The van der Waals surface area contributed by atoms with Gasteiger partial charge in [0.1, 0.15) is 0 Å². The van der Waals surface area contributed by atoms with Crippen LogP contribution in [0, 0.1) is 0 Å². The lowest BCUT2D eigenvalue weighted by molar-refractivity contribution is 0.154. The van der Waals surface area contributed by atoms with Crippen LogP contribution >= 0.6 is 11.3 Å². The Morgan fingerprint density at radius 2 is 1.87 bits per heavy atom. The lowest BCUT2D eigenvalue weighted by atomic mass is 9.94. The van der Waals surface area contributed by atoms with Crippen molar-refractivity contribution in [3.63, 3.8) is 0 Å². The van der Waals surface area contributed by atoms with Gasteiger partial charge in [0, 0.05) is 4.88 Å². The van der Waals surface area contributed by atoms with Crippen molar-refractivity contribution in [2.75, 3.05) is 0 Å². The van der Waals surface area contributed by atoms with E-state index >= 15 is 0 Å². The van der Waals surface area contributed by atoms with E-state index in [9.17, 15) is 9.90 Å². The summed E-state index contributed by atoms with van der Waals surface area (Å²) < 4.78 is 0. The first-order valence-electron chi connectivity index (χ1n) is 4.48. The fraction of sp³-hybridized carbons (Fsp3) is 0.0833. The molecule has 1 aromatic carbocycles. The summed E-state index contributed by atoms with van der Waals surface area (Å²) in [5, 5.41) is 12.1. The van der Waals surface area contributed by atoms with Crippen molar-refractivity contribution >= 4 is 17.6 Å². The predicted molar refractivity (Wildman–Crippen MR) is 59.5 cm³/mol. The van der Waals surface area contributed by atoms with Gasteiger partial charge in [-0.05, 0) is 17.0 Å². The number of carbonyl (C=O) groups excluding carboxylic acids is 1. The molecular weight excluding hydrogens is 208 g/mol. The van der Waals surface area contributed by atoms with E-state index in [0.717, 1.165) is 0 Å². The maximum atomic E-state index is 11.0. The van der Waals surface area contributed by atoms with Gasteiger partial charge in [-0.1, -0.05) is 36.4 Å². The van der Waals surface area contributed by atoms with E-state index in [1.807, 2.05) is 11.4 Å². The second-order valence-corrected chi connectivity index (χ2v) is 4.10. The molecule has 75 valence electrons. The fourth-order valence-electron chi connectivity index (χ4n) is 1.42. The Morgan fingerprint density at radius 3 is 2.40 bits per heavy atom. The number of aliphatic hydroxyl groups is 1. The molecule has 15 heavy (non-hydrogen) atoms. The van der Waals surface area contributed by atoms with E-state index in [2.05, 4.69) is 0 Å². The van der Waals surface area contributed by atoms with Crippen molar-refractivity contribution in [3.05, 3.63) is 58.3 Å². The van der Waals surface area contributed by atoms with E-state index in [0.29, 0.717) is 10.4 Å². The Morgan fingerprint density at radius 1 is 1.13 bits per heavy atom. The van der Waals surface area contributed by atoms with E-state index in [1.54, 1.807) is 42.7 Å². The van der Waals surface area contributed by atoms with Crippen molar-refractivity contribution in [1.29, 1.82) is 0 Å². The molecule has 2 aromatic rings. The zero-order valence-electron chi connectivity index (χ0n) is 7.88. The quantitative estimate of drug-likeness (QED) is 0.854. The zero-order chi connectivity index (χ0) is 10.7. The van der Waals surface area contributed by atoms with Gasteiger partial charge in [-0.15, -0.1) is 11.3 Å². The molecule has 0 fully saturated rings. The summed E-state index contributed by atoms with van der Waals surface area (Å²) in [6, 6.07) is 12.3. The van der Waals surface area contributed by atoms with Crippen LogP contribution in [0.3, 0.4) is 0 Å². The molecule has 0 saturated carbocycles. The number of hydrogen-bond donors (Lipinski definition) is 1. The smallest absolute Gasteiger partial charge is 0.243 e. The highest BCUT2D eigenvalue weighted by Crippen LogP contribution is 2.30. The lowest BCUT2D eigenvalue weighted by Crippen LogP contribution is -2.27. The Bertz CT molecular complexity index is 436. The van der Waals surface area contributed by atoms with Gasteiger partial charge < -0.3 is 5.11 Å². The first-order chi connectivity index (χ1) is 7.27. The molecule has 1 N–H and O–H groups in total. The first-order valence-corrected chi connectivity index (χ1v) is 5.36. The van der Waals surface area contributed by atoms with E-state index in [1.165, 1.54) is 11.3 Å². The Balaban J connectivity index is 2.52. The average Bonchev–Trinajstić information content (AvgIpc) is 2.83. The minimum absolute atomic E-state index is 0.544. The summed E-state index contributed by atoms with van der Waals surface area (Å²) in [4.78, 5) is 11.5. The highest BCUT2D eigenvalue weighted by atomic mass is 32.1. The van der Waals surface area contributed by atoms with Gasteiger partial charge in [-0.3, -0.25) is 4.79 Å². The molecule has 0 saturated heterocycles. The molecule has 2 nitrogen and oxygen atoms in total. The second-order valence-electron chi connectivity index (χ2n) is 3.16. The third-order valence-electron chi connectivity index (χ3n) is 2.22. The van der Waals surface area contributed by atoms with Crippen molar-refractivity contribution in [3.8, 4) is 0 Å². The molecule has 1 heterocycles. The summed E-state index contributed by atoms with van der Waals surface area (Å²) in [6.45, 7) is 0. The Hall–Kier alpha value is -1.45. The SMILES string of the molecule is O=[C]C(O)(c1ccccc1)c1cccs1. The normalized spacial score (nSPS) is 14.5. The van der Waals surface area contributed by atoms with Crippen LogP contribution in [0.4, 0.5) is 0 Å². The molecule has 1 unspecified atom stereocenters. The topological polar surface area (TPSA) is 37.3 Å². The largest absolute Gasteiger partial charge is 0.372 e. The minimum Gasteiger partial charge on any atom is -0.372 e. The second kappa shape index (κ2) is 3.96. The van der Waals surface area contributed by atoms with Crippen LogP contribution in [-0.2, 0) is 10.4 Å². The van der Waals surface area contributed by atoms with E-state index in [-0.39, 0.29) is 0 Å². The van der Waals surface area contributed by atoms with Crippen LogP contribution < -0.4 is 0 Å². The maximum Gasteiger partial charge on any atom is 0.243 e. The third-order valence-corrected chi connectivity index (χ3v) is 3.20. The molecular formula is C12H9O2S. The van der Waals surface area contributed by atoms with Crippen LogP contribution in [0.2, 0.25) is 0 Å². The number of rotatable bonds is 3. The van der Waals surface area contributed by atoms with Gasteiger partial charge in [0.15, 0.2) is 5.60 Å². The van der Waals surface area contributed by atoms with Gasteiger partial charge in [-0.2, -0.15) is 0 Å². The van der Waals surface area contributed by atoms with Crippen LogP contribution in [-0.4, -0.2) is 11.4 Å². The number of thiophene rings is 1. The molecule has 0 aliphatic carbocycles. The first kappa shape index (κ1) is 10.1. The molecule has 0 spiro atoms. The molecule has 3 heteroatoms. The van der Waals surface area contributed by atoms with E-state index < -0.39 is 5.60 Å². The lowest BCUT2D eigenvalue weighted by Gasteiger charge is -2.19.